The molecule has 0 aliphatic rings. The van der Waals surface area contributed by atoms with E-state index in [9.17, 15) is 0 Å². The maximum atomic E-state index is 5.34. The molecule has 8 heteroatoms. The molecule has 1 atom stereocenters. The van der Waals surface area contributed by atoms with E-state index in [0.717, 1.165) is 5.69 Å². The van der Waals surface area contributed by atoms with Crippen LogP contribution in [0, 0.1) is 0 Å². The number of methoxy groups -OCH3 is 3. The minimum Gasteiger partial charge on any atom is -0.493 e. The molecule has 1 N–H and O–H groups in total. The summed E-state index contributed by atoms with van der Waals surface area (Å²) < 4.78 is 17.6. The highest BCUT2D eigenvalue weighted by atomic mass is 16.5. The number of nitrogens with zero attached hydrogens (tertiary/aromatic N) is 4. The fourth-order valence-electron chi connectivity index (χ4n) is 1.97. The number of ether oxygens (including phenoxy) is 3. The molecule has 21 heavy (non-hydrogen) atoms. The average molecular weight is 293 g/mol. The first kappa shape index (κ1) is 15.0. The largest absolute Gasteiger partial charge is 0.493 e. The van der Waals surface area contributed by atoms with Gasteiger partial charge in [-0.05, 0) is 24.4 Å². The molecule has 8 nitrogen and oxygen atoms in total. The molecule has 114 valence electrons. The van der Waals surface area contributed by atoms with Gasteiger partial charge < -0.3 is 19.5 Å². The number of tetrazole rings is 1. The molecule has 2 rings (SSSR count). The third kappa shape index (κ3) is 2.75. The van der Waals surface area contributed by atoms with E-state index in [-0.39, 0.29) is 6.04 Å². The second-order valence-electron chi connectivity index (χ2n) is 4.34. The van der Waals surface area contributed by atoms with Crippen molar-refractivity contribution in [3.63, 3.8) is 0 Å². The molecule has 0 aliphatic heterocycles. The van der Waals surface area contributed by atoms with E-state index < -0.39 is 0 Å². The molecule has 0 amide bonds. The molecular formula is C13H19N5O3. The first-order valence-corrected chi connectivity index (χ1v) is 6.42. The topological polar surface area (TPSA) is 83.3 Å². The van der Waals surface area contributed by atoms with Crippen LogP contribution in [0.2, 0.25) is 0 Å². The lowest BCUT2D eigenvalue weighted by atomic mass is 10.2. The molecule has 0 bridgehead atoms. The Morgan fingerprint density at radius 1 is 1.10 bits per heavy atom. The predicted molar refractivity (Wildman–Crippen MR) is 76.3 cm³/mol. The SMILES string of the molecule is CNC(C)c1nnnn1-c1cc(OC)c(OC)c(OC)c1. The molecular weight excluding hydrogens is 274 g/mol. The van der Waals surface area contributed by atoms with Crippen molar-refractivity contribution >= 4 is 0 Å². The van der Waals surface area contributed by atoms with Gasteiger partial charge in [-0.25, -0.2) is 0 Å². The second-order valence-corrected chi connectivity index (χ2v) is 4.34. The molecule has 1 aromatic heterocycles. The summed E-state index contributed by atoms with van der Waals surface area (Å²) in [5, 5.41) is 14.9. The van der Waals surface area contributed by atoms with Crippen LogP contribution in [0.4, 0.5) is 0 Å². The van der Waals surface area contributed by atoms with Crippen molar-refractivity contribution in [1.82, 2.24) is 25.5 Å². The zero-order chi connectivity index (χ0) is 15.4. The maximum Gasteiger partial charge on any atom is 0.203 e. The summed E-state index contributed by atoms with van der Waals surface area (Å²) in [4.78, 5) is 0. The summed E-state index contributed by atoms with van der Waals surface area (Å²) in [6.45, 7) is 1.97. The molecule has 0 aliphatic carbocycles. The van der Waals surface area contributed by atoms with Crippen molar-refractivity contribution in [3.8, 4) is 22.9 Å². The Kier molecular flexibility index (Phi) is 4.59. The average Bonchev–Trinajstić information content (AvgIpc) is 3.02. The van der Waals surface area contributed by atoms with Crippen molar-refractivity contribution in [1.29, 1.82) is 0 Å². The maximum absolute atomic E-state index is 5.34. The number of benzene rings is 1. The van der Waals surface area contributed by atoms with Crippen molar-refractivity contribution in [2.45, 2.75) is 13.0 Å². The van der Waals surface area contributed by atoms with Crippen LogP contribution in [-0.4, -0.2) is 48.6 Å². The molecule has 0 radical (unpaired) electrons. The number of aromatic nitrogens is 4. The van der Waals surface area contributed by atoms with Gasteiger partial charge >= 0.3 is 0 Å². The van der Waals surface area contributed by atoms with E-state index in [1.807, 2.05) is 14.0 Å². The molecule has 1 heterocycles. The lowest BCUT2D eigenvalue weighted by Gasteiger charge is -2.15. The lowest BCUT2D eigenvalue weighted by Crippen LogP contribution is -2.18. The molecule has 0 fully saturated rings. The quantitative estimate of drug-likeness (QED) is 0.849. The van der Waals surface area contributed by atoms with Gasteiger partial charge in [-0.3, -0.25) is 0 Å². The third-order valence-electron chi connectivity index (χ3n) is 3.21. The van der Waals surface area contributed by atoms with Gasteiger partial charge in [0.2, 0.25) is 5.75 Å². The summed E-state index contributed by atoms with van der Waals surface area (Å²) in [6.07, 6.45) is 0. The van der Waals surface area contributed by atoms with E-state index in [1.165, 1.54) is 0 Å². The number of nitrogens with one attached hydrogen (secondary N) is 1. The van der Waals surface area contributed by atoms with Crippen molar-refractivity contribution in [2.75, 3.05) is 28.4 Å². The number of hydrogen-bond acceptors (Lipinski definition) is 7. The molecule has 2 aromatic rings. The monoisotopic (exact) mass is 293 g/mol. The van der Waals surface area contributed by atoms with Gasteiger partial charge in [-0.1, -0.05) is 0 Å². The second kappa shape index (κ2) is 6.40. The van der Waals surface area contributed by atoms with Gasteiger partial charge in [-0.15, -0.1) is 5.10 Å². The zero-order valence-electron chi connectivity index (χ0n) is 12.7. The molecule has 1 aromatic carbocycles. The summed E-state index contributed by atoms with van der Waals surface area (Å²) in [6, 6.07) is 3.59. The minimum absolute atomic E-state index is 0.000841. The van der Waals surface area contributed by atoms with Gasteiger partial charge in [0.15, 0.2) is 17.3 Å². The smallest absolute Gasteiger partial charge is 0.203 e. The van der Waals surface area contributed by atoms with Crippen molar-refractivity contribution in [2.24, 2.45) is 0 Å². The van der Waals surface area contributed by atoms with Crippen LogP contribution in [0.15, 0.2) is 12.1 Å². The molecule has 0 saturated heterocycles. The van der Waals surface area contributed by atoms with Gasteiger partial charge in [0.05, 0.1) is 33.1 Å². The first-order chi connectivity index (χ1) is 10.2. The summed E-state index contributed by atoms with van der Waals surface area (Å²) in [5.41, 5.74) is 0.728. The Labute approximate surface area is 123 Å². The molecule has 0 spiro atoms. The van der Waals surface area contributed by atoms with Gasteiger partial charge in [0.1, 0.15) is 0 Å². The summed E-state index contributed by atoms with van der Waals surface area (Å²) in [7, 11) is 6.54. The van der Waals surface area contributed by atoms with Gasteiger partial charge in [0.25, 0.3) is 0 Å². The van der Waals surface area contributed by atoms with Gasteiger partial charge in [0, 0.05) is 12.1 Å². The summed E-state index contributed by atoms with van der Waals surface area (Å²) in [5.74, 6) is 2.31. The highest BCUT2D eigenvalue weighted by molar-refractivity contribution is 5.58. The van der Waals surface area contributed by atoms with Crippen LogP contribution in [0.25, 0.3) is 5.69 Å². The van der Waals surface area contributed by atoms with E-state index >= 15 is 0 Å². The van der Waals surface area contributed by atoms with Crippen LogP contribution >= 0.6 is 0 Å². The highest BCUT2D eigenvalue weighted by Gasteiger charge is 2.19. The van der Waals surface area contributed by atoms with E-state index in [4.69, 9.17) is 14.2 Å². The van der Waals surface area contributed by atoms with E-state index in [0.29, 0.717) is 23.1 Å². The predicted octanol–water partition coefficient (Wildman–Crippen LogP) is 0.968. The Hall–Kier alpha value is -2.35. The molecule has 1 unspecified atom stereocenters. The Morgan fingerprint density at radius 2 is 1.71 bits per heavy atom. The fourth-order valence-corrected chi connectivity index (χ4v) is 1.97. The van der Waals surface area contributed by atoms with E-state index in [1.54, 1.807) is 38.1 Å². The number of rotatable bonds is 6. The Balaban J connectivity index is 2.57. The third-order valence-corrected chi connectivity index (χ3v) is 3.21. The fraction of sp³-hybridized carbons (Fsp3) is 0.462. The lowest BCUT2D eigenvalue weighted by molar-refractivity contribution is 0.324. The zero-order valence-corrected chi connectivity index (χ0v) is 12.7. The molecule has 0 saturated carbocycles. The van der Waals surface area contributed by atoms with Crippen LogP contribution in [-0.2, 0) is 0 Å². The first-order valence-electron chi connectivity index (χ1n) is 6.42. The number of hydrogen-bond donors (Lipinski definition) is 1. The Morgan fingerprint density at radius 3 is 2.19 bits per heavy atom. The van der Waals surface area contributed by atoms with Crippen LogP contribution in [0.3, 0.4) is 0 Å². The van der Waals surface area contributed by atoms with Crippen molar-refractivity contribution in [3.05, 3.63) is 18.0 Å². The summed E-state index contributed by atoms with van der Waals surface area (Å²) >= 11 is 0. The van der Waals surface area contributed by atoms with Crippen LogP contribution in [0.1, 0.15) is 18.8 Å². The van der Waals surface area contributed by atoms with E-state index in [2.05, 4.69) is 20.8 Å². The van der Waals surface area contributed by atoms with Crippen LogP contribution in [0.5, 0.6) is 17.2 Å². The van der Waals surface area contributed by atoms with Crippen LogP contribution < -0.4 is 19.5 Å². The Bertz CT molecular complexity index is 589. The van der Waals surface area contributed by atoms with Crippen molar-refractivity contribution < 1.29 is 14.2 Å². The normalized spacial score (nSPS) is 12.0. The standard InChI is InChI=1S/C13H19N5O3/c1-8(14-2)13-15-16-17-18(13)9-6-10(19-3)12(21-5)11(7-9)20-4/h6-8,14H,1-5H3. The van der Waals surface area contributed by atoms with Gasteiger partial charge in [-0.2, -0.15) is 4.68 Å². The highest BCUT2D eigenvalue weighted by Crippen LogP contribution is 2.39. The minimum atomic E-state index is -0.000841.